The molecule has 0 saturated heterocycles. The molecular formula is C23H34Cl3N3O2. The van der Waals surface area contributed by atoms with Crippen LogP contribution in [0.4, 0.5) is 0 Å². The van der Waals surface area contributed by atoms with Crippen molar-refractivity contribution >= 4 is 59.0 Å². The summed E-state index contributed by atoms with van der Waals surface area (Å²) in [7, 11) is 0. The third-order valence-corrected chi connectivity index (χ3v) is 4.59. The summed E-state index contributed by atoms with van der Waals surface area (Å²) in [5, 5.41) is 8.85. The van der Waals surface area contributed by atoms with Crippen LogP contribution in [0, 0.1) is 0 Å². The summed E-state index contributed by atoms with van der Waals surface area (Å²) in [5.41, 5.74) is 1.89. The van der Waals surface area contributed by atoms with Crippen LogP contribution in [0.1, 0.15) is 26.7 Å². The molecule has 0 unspecified atom stereocenters. The van der Waals surface area contributed by atoms with Gasteiger partial charge in [0, 0.05) is 22.9 Å². The zero-order chi connectivity index (χ0) is 19.6. The fourth-order valence-electron chi connectivity index (χ4n) is 3.09. The minimum Gasteiger partial charge on any atom is -0.493 e. The van der Waals surface area contributed by atoms with Crippen molar-refractivity contribution in [3.63, 3.8) is 0 Å². The van der Waals surface area contributed by atoms with Gasteiger partial charge < -0.3 is 20.1 Å². The minimum absolute atomic E-state index is 0. The number of nitrogens with zero attached hydrogens (tertiary/aromatic N) is 1. The van der Waals surface area contributed by atoms with Crippen molar-refractivity contribution in [1.82, 2.24) is 15.6 Å². The SMILES string of the molecule is CCNCCCOc1ccc2cc3ccc(OCCCNCC)cc3nc2c1.Cl.Cl.Cl. The van der Waals surface area contributed by atoms with Gasteiger partial charge in [-0.3, -0.25) is 0 Å². The molecule has 2 aromatic carbocycles. The molecule has 0 saturated carbocycles. The fraction of sp³-hybridized carbons (Fsp3) is 0.435. The van der Waals surface area contributed by atoms with Crippen LogP contribution in [-0.4, -0.2) is 44.4 Å². The summed E-state index contributed by atoms with van der Waals surface area (Å²) < 4.78 is 11.7. The van der Waals surface area contributed by atoms with E-state index in [1.165, 1.54) is 0 Å². The summed E-state index contributed by atoms with van der Waals surface area (Å²) in [4.78, 5) is 4.83. The van der Waals surface area contributed by atoms with Gasteiger partial charge in [-0.05, 0) is 69.4 Å². The van der Waals surface area contributed by atoms with E-state index in [2.05, 4.69) is 42.7 Å². The number of fused-ring (bicyclic) bond motifs is 2. The number of benzene rings is 2. The van der Waals surface area contributed by atoms with Gasteiger partial charge in [0.2, 0.25) is 0 Å². The Hall–Kier alpha value is -1.50. The molecule has 3 rings (SSSR count). The largest absolute Gasteiger partial charge is 0.493 e. The van der Waals surface area contributed by atoms with Crippen molar-refractivity contribution in [2.45, 2.75) is 26.7 Å². The molecule has 0 atom stereocenters. The van der Waals surface area contributed by atoms with Gasteiger partial charge in [-0.15, -0.1) is 37.2 Å². The maximum Gasteiger partial charge on any atom is 0.121 e. The first-order valence-corrected chi connectivity index (χ1v) is 10.3. The third-order valence-electron chi connectivity index (χ3n) is 4.59. The molecular weight excluding hydrogens is 457 g/mol. The monoisotopic (exact) mass is 489 g/mol. The Bertz CT molecular complexity index is 827. The molecule has 2 N–H and O–H groups in total. The number of halogens is 3. The van der Waals surface area contributed by atoms with Crippen LogP contribution in [0.3, 0.4) is 0 Å². The molecule has 1 heterocycles. The van der Waals surface area contributed by atoms with Crippen LogP contribution in [0.5, 0.6) is 11.5 Å². The highest BCUT2D eigenvalue weighted by Crippen LogP contribution is 2.26. The number of rotatable bonds is 12. The van der Waals surface area contributed by atoms with Crippen LogP contribution in [-0.2, 0) is 0 Å². The highest BCUT2D eigenvalue weighted by atomic mass is 35.5. The summed E-state index contributed by atoms with van der Waals surface area (Å²) in [5.74, 6) is 1.73. The fourth-order valence-corrected chi connectivity index (χ4v) is 3.09. The quantitative estimate of drug-likeness (QED) is 0.263. The van der Waals surface area contributed by atoms with Crippen LogP contribution in [0.15, 0.2) is 42.5 Å². The molecule has 8 heteroatoms. The molecule has 0 radical (unpaired) electrons. The second kappa shape index (κ2) is 16.2. The standard InChI is InChI=1S/C23H31N3O2.3ClH/c1-3-24-11-5-13-27-20-9-7-18-15-19-8-10-21(28-14-6-12-25-4-2)17-23(19)26-22(18)16-20;;;/h7-10,15-17,24-25H,3-6,11-14H2,1-2H3;3*1H. The Morgan fingerprint density at radius 3 is 1.55 bits per heavy atom. The predicted molar refractivity (Wildman–Crippen MR) is 138 cm³/mol. The molecule has 1 aromatic heterocycles. The first-order valence-electron chi connectivity index (χ1n) is 10.3. The number of pyridine rings is 1. The van der Waals surface area contributed by atoms with Gasteiger partial charge in [-0.25, -0.2) is 4.98 Å². The maximum absolute atomic E-state index is 5.87. The van der Waals surface area contributed by atoms with E-state index in [0.29, 0.717) is 13.2 Å². The lowest BCUT2D eigenvalue weighted by Crippen LogP contribution is -2.16. The van der Waals surface area contributed by atoms with Crippen LogP contribution in [0.25, 0.3) is 21.8 Å². The lowest BCUT2D eigenvalue weighted by Gasteiger charge is -2.09. The van der Waals surface area contributed by atoms with Crippen molar-refractivity contribution in [2.24, 2.45) is 0 Å². The highest BCUT2D eigenvalue weighted by Gasteiger charge is 2.04. The molecule has 0 spiro atoms. The molecule has 0 amide bonds. The van der Waals surface area contributed by atoms with Gasteiger partial charge in [-0.2, -0.15) is 0 Å². The predicted octanol–water partition coefficient (Wildman–Crippen LogP) is 5.41. The average molecular weight is 491 g/mol. The lowest BCUT2D eigenvalue weighted by atomic mass is 10.1. The second-order valence-electron chi connectivity index (χ2n) is 6.81. The maximum atomic E-state index is 5.87. The van der Waals surface area contributed by atoms with E-state index in [4.69, 9.17) is 14.5 Å². The van der Waals surface area contributed by atoms with E-state index in [9.17, 15) is 0 Å². The number of nitrogens with one attached hydrogen (secondary N) is 2. The van der Waals surface area contributed by atoms with Gasteiger partial charge in [0.15, 0.2) is 0 Å². The third kappa shape index (κ3) is 9.26. The van der Waals surface area contributed by atoms with E-state index < -0.39 is 0 Å². The van der Waals surface area contributed by atoms with E-state index in [1.807, 2.05) is 24.3 Å². The minimum atomic E-state index is 0. The summed E-state index contributed by atoms with van der Waals surface area (Å²) in [6.07, 6.45) is 1.98. The Morgan fingerprint density at radius 2 is 1.13 bits per heavy atom. The van der Waals surface area contributed by atoms with Crippen molar-refractivity contribution in [2.75, 3.05) is 39.4 Å². The van der Waals surface area contributed by atoms with Crippen LogP contribution >= 0.6 is 37.2 Å². The van der Waals surface area contributed by atoms with Crippen molar-refractivity contribution in [3.8, 4) is 11.5 Å². The Balaban J connectivity index is 0.00000300. The summed E-state index contributed by atoms with van der Waals surface area (Å²) in [6, 6.07) is 14.4. The lowest BCUT2D eigenvalue weighted by molar-refractivity contribution is 0.309. The number of hydrogen-bond donors (Lipinski definition) is 2. The molecule has 0 fully saturated rings. The molecule has 174 valence electrons. The average Bonchev–Trinajstić information content (AvgIpc) is 2.72. The number of ether oxygens (including phenoxy) is 2. The zero-order valence-electron chi connectivity index (χ0n) is 18.2. The Labute approximate surface area is 203 Å². The summed E-state index contributed by atoms with van der Waals surface area (Å²) in [6.45, 7) is 9.58. The first kappa shape index (κ1) is 29.5. The molecule has 3 aromatic rings. The smallest absolute Gasteiger partial charge is 0.121 e. The molecule has 0 bridgehead atoms. The second-order valence-corrected chi connectivity index (χ2v) is 6.81. The molecule has 5 nitrogen and oxygen atoms in total. The van der Waals surface area contributed by atoms with Crippen LogP contribution < -0.4 is 20.1 Å². The Kier molecular flexibility index (Phi) is 15.4. The van der Waals surface area contributed by atoms with E-state index in [1.54, 1.807) is 0 Å². The van der Waals surface area contributed by atoms with E-state index in [0.717, 1.165) is 72.3 Å². The van der Waals surface area contributed by atoms with E-state index in [-0.39, 0.29) is 37.2 Å². The molecule has 31 heavy (non-hydrogen) atoms. The van der Waals surface area contributed by atoms with Gasteiger partial charge in [0.1, 0.15) is 11.5 Å². The highest BCUT2D eigenvalue weighted by molar-refractivity contribution is 5.93. The topological polar surface area (TPSA) is 55.4 Å². The molecule has 0 aliphatic heterocycles. The normalized spacial score (nSPS) is 10.1. The zero-order valence-corrected chi connectivity index (χ0v) is 20.6. The number of hydrogen-bond acceptors (Lipinski definition) is 5. The van der Waals surface area contributed by atoms with Gasteiger partial charge >= 0.3 is 0 Å². The van der Waals surface area contributed by atoms with Crippen molar-refractivity contribution in [3.05, 3.63) is 42.5 Å². The van der Waals surface area contributed by atoms with Gasteiger partial charge in [0.05, 0.1) is 24.2 Å². The first-order chi connectivity index (χ1) is 13.8. The molecule has 0 aliphatic rings. The number of aromatic nitrogens is 1. The van der Waals surface area contributed by atoms with Crippen LogP contribution in [0.2, 0.25) is 0 Å². The molecule has 0 aliphatic carbocycles. The van der Waals surface area contributed by atoms with Crippen molar-refractivity contribution in [1.29, 1.82) is 0 Å². The Morgan fingerprint density at radius 1 is 0.677 bits per heavy atom. The van der Waals surface area contributed by atoms with Gasteiger partial charge in [0.25, 0.3) is 0 Å². The van der Waals surface area contributed by atoms with E-state index >= 15 is 0 Å². The van der Waals surface area contributed by atoms with Crippen molar-refractivity contribution < 1.29 is 9.47 Å². The van der Waals surface area contributed by atoms with Gasteiger partial charge in [-0.1, -0.05) is 13.8 Å². The summed E-state index contributed by atoms with van der Waals surface area (Å²) >= 11 is 0.